The second kappa shape index (κ2) is 8.88. The standard InChI is InChI=1S/C25H19N7O2/c1-32-22-13-19(34-15-16-5-3-2-4-6-16)9-8-18(22)12-23(32)25(33)27-21-10-7-17(14-26)11-20(21)24-28-30-31-29-24/h2-13H,15H2,1H3,(H,27,33)(H,28,29,30,31). The number of hydrogen-bond acceptors (Lipinski definition) is 6. The number of fused-ring (bicyclic) bond motifs is 1. The maximum atomic E-state index is 13.2. The third-order valence-electron chi connectivity index (χ3n) is 5.50. The van der Waals surface area contributed by atoms with Gasteiger partial charge < -0.3 is 14.6 Å². The quantitative estimate of drug-likeness (QED) is 0.403. The first kappa shape index (κ1) is 20.9. The lowest BCUT2D eigenvalue weighted by atomic mass is 10.1. The summed E-state index contributed by atoms with van der Waals surface area (Å²) in [4.78, 5) is 13.2. The number of ether oxygens (including phenoxy) is 1. The fraction of sp³-hybridized carbons (Fsp3) is 0.0800. The molecule has 0 bridgehead atoms. The van der Waals surface area contributed by atoms with Gasteiger partial charge in [-0.15, -0.1) is 5.10 Å². The van der Waals surface area contributed by atoms with E-state index in [4.69, 9.17) is 4.74 Å². The lowest BCUT2D eigenvalue weighted by molar-refractivity contribution is 0.102. The minimum atomic E-state index is -0.302. The molecular weight excluding hydrogens is 430 g/mol. The van der Waals surface area contributed by atoms with Gasteiger partial charge in [0.2, 0.25) is 0 Å². The van der Waals surface area contributed by atoms with E-state index in [0.29, 0.717) is 34.9 Å². The molecule has 0 saturated carbocycles. The summed E-state index contributed by atoms with van der Waals surface area (Å²) in [5, 5.41) is 26.8. The summed E-state index contributed by atoms with van der Waals surface area (Å²) in [6.07, 6.45) is 0. The van der Waals surface area contributed by atoms with E-state index in [1.165, 1.54) is 0 Å². The number of tetrazole rings is 1. The second-order valence-electron chi connectivity index (χ2n) is 7.66. The highest BCUT2D eigenvalue weighted by Gasteiger charge is 2.17. The van der Waals surface area contributed by atoms with Gasteiger partial charge in [-0.25, -0.2) is 5.10 Å². The van der Waals surface area contributed by atoms with Crippen LogP contribution in [0.1, 0.15) is 21.6 Å². The summed E-state index contributed by atoms with van der Waals surface area (Å²) < 4.78 is 7.76. The average Bonchev–Trinajstić information content (AvgIpc) is 3.52. The van der Waals surface area contributed by atoms with E-state index < -0.39 is 0 Å². The summed E-state index contributed by atoms with van der Waals surface area (Å²) in [5.41, 5.74) is 3.86. The topological polar surface area (TPSA) is 122 Å². The Morgan fingerprint density at radius 2 is 1.97 bits per heavy atom. The third kappa shape index (κ3) is 4.08. The van der Waals surface area contributed by atoms with E-state index in [-0.39, 0.29) is 5.91 Å². The average molecular weight is 449 g/mol. The maximum absolute atomic E-state index is 13.2. The highest BCUT2D eigenvalue weighted by Crippen LogP contribution is 2.28. The smallest absolute Gasteiger partial charge is 0.272 e. The Morgan fingerprint density at radius 3 is 2.74 bits per heavy atom. The number of rotatable bonds is 6. The van der Waals surface area contributed by atoms with E-state index in [2.05, 4.69) is 32.0 Å². The summed E-state index contributed by atoms with van der Waals surface area (Å²) in [5.74, 6) is 0.769. The molecule has 0 aliphatic rings. The first-order valence-corrected chi connectivity index (χ1v) is 10.5. The molecule has 0 aliphatic heterocycles. The molecule has 5 rings (SSSR count). The van der Waals surface area contributed by atoms with Crippen molar-refractivity contribution in [3.8, 4) is 23.2 Å². The summed E-state index contributed by atoms with van der Waals surface area (Å²) in [6, 6.07) is 24.5. The number of H-pyrrole nitrogens is 1. The van der Waals surface area contributed by atoms with Crippen LogP contribution in [0.3, 0.4) is 0 Å². The molecule has 0 radical (unpaired) electrons. The van der Waals surface area contributed by atoms with E-state index >= 15 is 0 Å². The molecular formula is C25H19N7O2. The van der Waals surface area contributed by atoms with Crippen LogP contribution in [-0.4, -0.2) is 31.1 Å². The molecule has 1 amide bonds. The Morgan fingerprint density at radius 1 is 1.12 bits per heavy atom. The molecule has 0 saturated heterocycles. The van der Waals surface area contributed by atoms with Gasteiger partial charge in [-0.3, -0.25) is 4.79 Å². The molecule has 0 fully saturated rings. The van der Waals surface area contributed by atoms with Crippen molar-refractivity contribution in [2.45, 2.75) is 6.61 Å². The van der Waals surface area contributed by atoms with E-state index in [1.807, 2.05) is 66.2 Å². The second-order valence-corrected chi connectivity index (χ2v) is 7.66. The van der Waals surface area contributed by atoms with Gasteiger partial charge in [-0.1, -0.05) is 30.3 Å². The fourth-order valence-corrected chi connectivity index (χ4v) is 3.74. The zero-order valence-corrected chi connectivity index (χ0v) is 18.2. The molecule has 0 unspecified atom stereocenters. The predicted octanol–water partition coefficient (Wildman–Crippen LogP) is 4.06. The zero-order valence-electron chi connectivity index (χ0n) is 18.2. The van der Waals surface area contributed by atoms with Gasteiger partial charge in [-0.2, -0.15) is 5.26 Å². The predicted molar refractivity (Wildman–Crippen MR) is 126 cm³/mol. The number of carbonyl (C=O) groups excluding carboxylic acids is 1. The highest BCUT2D eigenvalue weighted by molar-refractivity contribution is 6.08. The number of hydrogen-bond donors (Lipinski definition) is 2. The SMILES string of the molecule is Cn1c(C(=O)Nc2ccc(C#N)cc2-c2nnn[nH]2)cc2ccc(OCc3ccccc3)cc21. The lowest BCUT2D eigenvalue weighted by Gasteiger charge is -2.10. The van der Waals surface area contributed by atoms with Gasteiger partial charge in [0.25, 0.3) is 5.91 Å². The third-order valence-corrected chi connectivity index (χ3v) is 5.50. The van der Waals surface area contributed by atoms with Crippen LogP contribution in [0, 0.1) is 11.3 Å². The Balaban J connectivity index is 1.41. The number of aryl methyl sites for hydroxylation is 1. The molecule has 9 heteroatoms. The van der Waals surface area contributed by atoms with Gasteiger partial charge in [0.05, 0.1) is 22.8 Å². The van der Waals surface area contributed by atoms with Gasteiger partial charge in [-0.05, 0) is 52.4 Å². The first-order chi connectivity index (χ1) is 16.6. The first-order valence-electron chi connectivity index (χ1n) is 10.5. The number of nitrogens with zero attached hydrogens (tertiary/aromatic N) is 5. The number of nitriles is 1. The highest BCUT2D eigenvalue weighted by atomic mass is 16.5. The number of benzene rings is 3. The Bertz CT molecular complexity index is 1520. The molecule has 9 nitrogen and oxygen atoms in total. The molecule has 0 spiro atoms. The van der Waals surface area contributed by atoms with Crippen LogP contribution >= 0.6 is 0 Å². The van der Waals surface area contributed by atoms with Crippen molar-refractivity contribution >= 4 is 22.5 Å². The molecule has 0 aliphatic carbocycles. The van der Waals surface area contributed by atoms with Gasteiger partial charge in [0.15, 0.2) is 5.82 Å². The van der Waals surface area contributed by atoms with E-state index in [1.54, 1.807) is 18.2 Å². The number of aromatic amines is 1. The van der Waals surface area contributed by atoms with Gasteiger partial charge in [0, 0.05) is 24.1 Å². The number of amides is 1. The number of aromatic nitrogens is 5. The van der Waals surface area contributed by atoms with Gasteiger partial charge >= 0.3 is 0 Å². The van der Waals surface area contributed by atoms with Crippen molar-refractivity contribution in [2.24, 2.45) is 7.05 Å². The normalized spacial score (nSPS) is 10.7. The van der Waals surface area contributed by atoms with Crippen molar-refractivity contribution in [2.75, 3.05) is 5.32 Å². The van der Waals surface area contributed by atoms with E-state index in [0.717, 1.165) is 22.2 Å². The molecule has 3 aromatic carbocycles. The molecule has 2 N–H and O–H groups in total. The van der Waals surface area contributed by atoms with Crippen LogP contribution in [0.2, 0.25) is 0 Å². The van der Waals surface area contributed by atoms with E-state index in [9.17, 15) is 10.1 Å². The number of anilines is 1. The summed E-state index contributed by atoms with van der Waals surface area (Å²) >= 11 is 0. The number of nitrogens with one attached hydrogen (secondary N) is 2. The fourth-order valence-electron chi connectivity index (χ4n) is 3.74. The van der Waals surface area contributed by atoms with Crippen LogP contribution in [0.5, 0.6) is 5.75 Å². The van der Waals surface area contributed by atoms with Crippen LogP contribution in [0.4, 0.5) is 5.69 Å². The Hall–Kier alpha value is -4.97. The van der Waals surface area contributed by atoms with Crippen molar-refractivity contribution in [3.63, 3.8) is 0 Å². The lowest BCUT2D eigenvalue weighted by Crippen LogP contribution is -2.16. The molecule has 5 aromatic rings. The van der Waals surface area contributed by atoms with Crippen molar-refractivity contribution < 1.29 is 9.53 Å². The largest absolute Gasteiger partial charge is 0.489 e. The van der Waals surface area contributed by atoms with Crippen LogP contribution < -0.4 is 10.1 Å². The molecule has 2 aromatic heterocycles. The molecule has 2 heterocycles. The van der Waals surface area contributed by atoms with Gasteiger partial charge in [0.1, 0.15) is 18.1 Å². The molecule has 0 atom stereocenters. The van der Waals surface area contributed by atoms with Crippen molar-refractivity contribution in [3.05, 3.63) is 89.6 Å². The maximum Gasteiger partial charge on any atom is 0.272 e. The molecule has 166 valence electrons. The minimum absolute atomic E-state index is 0.302. The Kier molecular flexibility index (Phi) is 5.46. The Labute approximate surface area is 194 Å². The van der Waals surface area contributed by atoms with Crippen LogP contribution in [-0.2, 0) is 13.7 Å². The van der Waals surface area contributed by atoms with Crippen LogP contribution in [0.25, 0.3) is 22.3 Å². The zero-order chi connectivity index (χ0) is 23.5. The van der Waals surface area contributed by atoms with Crippen molar-refractivity contribution in [1.82, 2.24) is 25.2 Å². The molecule has 34 heavy (non-hydrogen) atoms. The van der Waals surface area contributed by atoms with Crippen molar-refractivity contribution in [1.29, 1.82) is 5.26 Å². The summed E-state index contributed by atoms with van der Waals surface area (Å²) in [6.45, 7) is 0.460. The minimum Gasteiger partial charge on any atom is -0.489 e. The number of carbonyl (C=O) groups is 1. The van der Waals surface area contributed by atoms with Crippen LogP contribution in [0.15, 0.2) is 72.8 Å². The monoisotopic (exact) mass is 449 g/mol. The summed E-state index contributed by atoms with van der Waals surface area (Å²) in [7, 11) is 1.83.